The van der Waals surface area contributed by atoms with Crippen LogP contribution in [0.1, 0.15) is 35.2 Å². The molecule has 182 valence electrons. The number of carbonyl (C=O) groups is 3. The maximum absolute atomic E-state index is 13.4. The lowest BCUT2D eigenvalue weighted by atomic mass is 9.94. The minimum atomic E-state index is -0.966. The average Bonchev–Trinajstić information content (AvgIpc) is 3.39. The highest BCUT2D eigenvalue weighted by Crippen LogP contribution is 2.44. The number of rotatable bonds is 4. The monoisotopic (exact) mass is 485 g/mol. The Morgan fingerprint density at radius 1 is 0.972 bits per heavy atom. The Morgan fingerprint density at radius 3 is 2.42 bits per heavy atom. The number of aryl methyl sites for hydroxylation is 2. The highest BCUT2D eigenvalue weighted by Gasteiger charge is 2.47. The minimum Gasteiger partial charge on any atom is -0.507 e. The zero-order valence-electron chi connectivity index (χ0n) is 19.9. The Labute approximate surface area is 207 Å². The smallest absolute Gasteiger partial charge is 0.308 e. The molecule has 1 unspecified atom stereocenters. The molecule has 0 radical (unpaired) electrons. The summed E-state index contributed by atoms with van der Waals surface area (Å²) in [5.41, 5.74) is 3.05. The Bertz CT molecular complexity index is 1440. The second-order valence-corrected chi connectivity index (χ2v) is 8.75. The molecule has 1 fully saturated rings. The molecule has 0 bridgehead atoms. The van der Waals surface area contributed by atoms with Crippen LogP contribution in [0.5, 0.6) is 17.2 Å². The molecule has 3 aromatic carbocycles. The molecule has 0 aromatic heterocycles. The largest absolute Gasteiger partial charge is 0.507 e. The number of ether oxygens (including phenoxy) is 3. The predicted molar refractivity (Wildman–Crippen MR) is 131 cm³/mol. The van der Waals surface area contributed by atoms with Gasteiger partial charge in [0.05, 0.1) is 11.6 Å². The quantitative estimate of drug-likeness (QED) is 0.190. The number of carbonyl (C=O) groups excluding carboxylic acids is 3. The van der Waals surface area contributed by atoms with Crippen molar-refractivity contribution >= 4 is 29.1 Å². The second-order valence-electron chi connectivity index (χ2n) is 8.75. The van der Waals surface area contributed by atoms with Crippen LogP contribution in [0.2, 0.25) is 0 Å². The number of Topliss-reactive ketones (excluding diaryl/α,β-unsaturated/α-hetero) is 1. The molecular formula is C28H23NO7. The van der Waals surface area contributed by atoms with Crippen LogP contribution < -0.4 is 19.1 Å². The molecule has 1 saturated heterocycles. The van der Waals surface area contributed by atoms with Crippen molar-refractivity contribution in [2.75, 3.05) is 11.7 Å². The number of aliphatic hydroxyl groups excluding tert-OH is 1. The van der Waals surface area contributed by atoms with Crippen LogP contribution in [0.25, 0.3) is 5.76 Å². The molecule has 2 aliphatic rings. The van der Waals surface area contributed by atoms with Crippen molar-refractivity contribution in [2.45, 2.75) is 26.8 Å². The van der Waals surface area contributed by atoms with E-state index in [9.17, 15) is 19.5 Å². The third-order valence-corrected chi connectivity index (χ3v) is 6.01. The Hall–Kier alpha value is -4.59. The van der Waals surface area contributed by atoms with Crippen LogP contribution in [0.4, 0.5) is 5.69 Å². The van der Waals surface area contributed by atoms with Gasteiger partial charge in [-0.25, -0.2) is 0 Å². The number of benzene rings is 3. The third kappa shape index (κ3) is 4.07. The van der Waals surface area contributed by atoms with E-state index in [4.69, 9.17) is 14.2 Å². The summed E-state index contributed by atoms with van der Waals surface area (Å²) < 4.78 is 16.0. The van der Waals surface area contributed by atoms with Crippen LogP contribution in [0.15, 0.2) is 66.2 Å². The van der Waals surface area contributed by atoms with E-state index >= 15 is 0 Å². The summed E-state index contributed by atoms with van der Waals surface area (Å²) in [6.45, 7) is 5.14. The number of esters is 1. The first-order valence-corrected chi connectivity index (χ1v) is 11.3. The van der Waals surface area contributed by atoms with Crippen molar-refractivity contribution in [3.63, 3.8) is 0 Å². The van der Waals surface area contributed by atoms with E-state index in [0.717, 1.165) is 11.1 Å². The van der Waals surface area contributed by atoms with Gasteiger partial charge in [-0.3, -0.25) is 19.3 Å². The van der Waals surface area contributed by atoms with E-state index in [1.165, 1.54) is 11.8 Å². The maximum atomic E-state index is 13.4. The van der Waals surface area contributed by atoms with Crippen molar-refractivity contribution in [3.8, 4) is 17.2 Å². The third-order valence-electron chi connectivity index (χ3n) is 6.01. The SMILES string of the molecule is CC(=O)Oc1cccc(C2/C(=C(/O)c3ccc4c(c3)OCO4)C(=O)C(=O)N2c2cc(C)cc(C)c2)c1. The topological polar surface area (TPSA) is 102 Å². The molecule has 1 atom stereocenters. The first kappa shape index (κ1) is 23.2. The van der Waals surface area contributed by atoms with Crippen LogP contribution in [-0.4, -0.2) is 29.6 Å². The van der Waals surface area contributed by atoms with Gasteiger partial charge in [0, 0.05) is 18.2 Å². The van der Waals surface area contributed by atoms with Gasteiger partial charge in [-0.1, -0.05) is 18.2 Å². The summed E-state index contributed by atoms with van der Waals surface area (Å²) in [7, 11) is 0. The maximum Gasteiger partial charge on any atom is 0.308 e. The fraction of sp³-hybridized carbons (Fsp3) is 0.179. The van der Waals surface area contributed by atoms with E-state index < -0.39 is 23.7 Å². The Balaban J connectivity index is 1.72. The van der Waals surface area contributed by atoms with E-state index in [-0.39, 0.29) is 23.9 Å². The summed E-state index contributed by atoms with van der Waals surface area (Å²) in [6.07, 6.45) is 0. The van der Waals surface area contributed by atoms with Crippen molar-refractivity contribution in [1.82, 2.24) is 0 Å². The zero-order chi connectivity index (χ0) is 25.6. The van der Waals surface area contributed by atoms with E-state index in [1.807, 2.05) is 32.0 Å². The van der Waals surface area contributed by atoms with Gasteiger partial charge in [-0.05, 0) is 73.0 Å². The first-order valence-electron chi connectivity index (χ1n) is 11.3. The number of hydrogen-bond donors (Lipinski definition) is 1. The molecule has 8 nitrogen and oxygen atoms in total. The molecule has 1 amide bonds. The van der Waals surface area contributed by atoms with Gasteiger partial charge < -0.3 is 19.3 Å². The lowest BCUT2D eigenvalue weighted by Gasteiger charge is -2.26. The van der Waals surface area contributed by atoms with Gasteiger partial charge in [-0.2, -0.15) is 0 Å². The molecule has 5 rings (SSSR count). The van der Waals surface area contributed by atoms with Gasteiger partial charge in [-0.15, -0.1) is 0 Å². The van der Waals surface area contributed by atoms with Crippen LogP contribution in [0.3, 0.4) is 0 Å². The standard InChI is InChI=1S/C28H23NO7/c1-15-9-16(2)11-20(10-15)29-25(18-5-4-6-21(12-18)36-17(3)30)24(27(32)28(29)33)26(31)19-7-8-22-23(13-19)35-14-34-22/h4-13,25,31H,14H2,1-3H3/b26-24-. The fourth-order valence-electron chi connectivity index (χ4n) is 4.62. The molecule has 0 saturated carbocycles. The molecule has 36 heavy (non-hydrogen) atoms. The first-order chi connectivity index (χ1) is 17.2. The van der Waals surface area contributed by atoms with Crippen molar-refractivity contribution in [3.05, 3.63) is 88.5 Å². The van der Waals surface area contributed by atoms with Crippen LogP contribution >= 0.6 is 0 Å². The minimum absolute atomic E-state index is 0.0551. The molecule has 1 N–H and O–H groups in total. The normalized spacial score (nSPS) is 18.0. The van der Waals surface area contributed by atoms with E-state index in [1.54, 1.807) is 42.5 Å². The summed E-state index contributed by atoms with van der Waals surface area (Å²) in [4.78, 5) is 39.7. The number of fused-ring (bicyclic) bond motifs is 1. The molecular weight excluding hydrogens is 462 g/mol. The molecule has 0 aliphatic carbocycles. The number of nitrogens with zero attached hydrogens (tertiary/aromatic N) is 1. The summed E-state index contributed by atoms with van der Waals surface area (Å²) >= 11 is 0. The van der Waals surface area contributed by atoms with Crippen LogP contribution in [-0.2, 0) is 14.4 Å². The zero-order valence-corrected chi connectivity index (χ0v) is 19.9. The van der Waals surface area contributed by atoms with Gasteiger partial charge >= 0.3 is 5.97 Å². The van der Waals surface area contributed by atoms with Gasteiger partial charge in [0.15, 0.2) is 11.5 Å². The second kappa shape index (κ2) is 8.88. The summed E-state index contributed by atoms with van der Waals surface area (Å²) in [5, 5.41) is 11.4. The molecule has 3 aromatic rings. The number of aliphatic hydroxyl groups is 1. The average molecular weight is 485 g/mol. The number of anilines is 1. The van der Waals surface area contributed by atoms with Gasteiger partial charge in [0.25, 0.3) is 11.7 Å². The van der Waals surface area contributed by atoms with E-state index in [0.29, 0.717) is 28.3 Å². The van der Waals surface area contributed by atoms with Gasteiger partial charge in [0.1, 0.15) is 11.5 Å². The van der Waals surface area contributed by atoms with E-state index in [2.05, 4.69) is 0 Å². The summed E-state index contributed by atoms with van der Waals surface area (Å²) in [6, 6.07) is 16.0. The molecule has 2 aliphatic heterocycles. The number of ketones is 1. The summed E-state index contributed by atoms with van der Waals surface area (Å²) in [5.74, 6) is -1.24. The van der Waals surface area contributed by atoms with Crippen molar-refractivity contribution < 1.29 is 33.7 Å². The van der Waals surface area contributed by atoms with Crippen LogP contribution in [0, 0.1) is 13.8 Å². The lowest BCUT2D eigenvalue weighted by molar-refractivity contribution is -0.132. The predicted octanol–water partition coefficient (Wildman–Crippen LogP) is 4.58. The highest BCUT2D eigenvalue weighted by atomic mass is 16.7. The fourth-order valence-corrected chi connectivity index (χ4v) is 4.62. The molecule has 0 spiro atoms. The highest BCUT2D eigenvalue weighted by molar-refractivity contribution is 6.51. The van der Waals surface area contributed by atoms with Crippen molar-refractivity contribution in [1.29, 1.82) is 0 Å². The number of hydrogen-bond acceptors (Lipinski definition) is 7. The van der Waals surface area contributed by atoms with Gasteiger partial charge in [0.2, 0.25) is 6.79 Å². The number of amides is 1. The molecule has 8 heteroatoms. The lowest BCUT2D eigenvalue weighted by Crippen LogP contribution is -2.29. The molecule has 2 heterocycles. The Morgan fingerprint density at radius 2 is 1.69 bits per heavy atom. The van der Waals surface area contributed by atoms with Crippen molar-refractivity contribution in [2.24, 2.45) is 0 Å². The Kier molecular flexibility index (Phi) is 5.72.